The second-order valence-electron chi connectivity index (χ2n) is 11.2. The highest BCUT2D eigenvalue weighted by atomic mass is 16.3. The second kappa shape index (κ2) is 32.6. The van der Waals surface area contributed by atoms with Crippen LogP contribution in [0.1, 0.15) is 149 Å². The van der Waals surface area contributed by atoms with Crippen molar-refractivity contribution in [2.45, 2.75) is 161 Å². The molecule has 0 aliphatic rings. The molecule has 0 saturated carbocycles. The van der Waals surface area contributed by atoms with Gasteiger partial charge in [0.05, 0.1) is 18.8 Å². The normalized spacial score (nSPS) is 14.0. The van der Waals surface area contributed by atoms with E-state index in [1.165, 1.54) is 70.6 Å². The quantitative estimate of drug-likeness (QED) is 0.0618. The van der Waals surface area contributed by atoms with Gasteiger partial charge in [0.25, 0.3) is 0 Å². The second-order valence-corrected chi connectivity index (χ2v) is 11.2. The first-order valence-electron chi connectivity index (χ1n) is 17.0. The van der Waals surface area contributed by atoms with Gasteiger partial charge in [-0.1, -0.05) is 132 Å². The fourth-order valence-corrected chi connectivity index (χ4v) is 4.54. The molecule has 0 saturated heterocycles. The third-order valence-electron chi connectivity index (χ3n) is 7.18. The minimum atomic E-state index is -0.872. The van der Waals surface area contributed by atoms with Crippen molar-refractivity contribution in [3.05, 3.63) is 60.8 Å². The van der Waals surface area contributed by atoms with Crippen molar-refractivity contribution in [2.24, 2.45) is 0 Å². The first-order chi connectivity index (χ1) is 20.2. The van der Waals surface area contributed by atoms with Crippen LogP contribution in [-0.4, -0.2) is 34.9 Å². The van der Waals surface area contributed by atoms with Crippen molar-refractivity contribution in [2.75, 3.05) is 6.61 Å². The number of nitrogens with one attached hydrogen (secondary N) is 1. The average molecular weight is 572 g/mol. The number of carbonyl (C=O) groups is 1. The maximum absolute atomic E-state index is 12.3. The van der Waals surface area contributed by atoms with Crippen molar-refractivity contribution in [1.29, 1.82) is 0 Å². The number of allylic oxidation sites excluding steroid dienone is 9. The Hall–Kier alpha value is -1.91. The molecule has 0 aromatic heterocycles. The lowest BCUT2D eigenvalue weighted by atomic mass is 10.1. The van der Waals surface area contributed by atoms with Crippen LogP contribution < -0.4 is 5.32 Å². The molecule has 0 bridgehead atoms. The number of rotatable bonds is 29. The molecular formula is C37H65NO3. The van der Waals surface area contributed by atoms with E-state index < -0.39 is 12.1 Å². The minimum absolute atomic E-state index is 0.0921. The Morgan fingerprint density at radius 3 is 1.63 bits per heavy atom. The van der Waals surface area contributed by atoms with Crippen LogP contribution in [-0.2, 0) is 4.79 Å². The van der Waals surface area contributed by atoms with Gasteiger partial charge in [-0.2, -0.15) is 0 Å². The number of unbranched alkanes of at least 4 members (excludes halogenated alkanes) is 14. The van der Waals surface area contributed by atoms with Crippen molar-refractivity contribution >= 4 is 5.91 Å². The summed E-state index contributed by atoms with van der Waals surface area (Å²) in [5.74, 6) is -0.0921. The molecule has 41 heavy (non-hydrogen) atoms. The van der Waals surface area contributed by atoms with Gasteiger partial charge in [-0.05, 0) is 70.6 Å². The van der Waals surface area contributed by atoms with Gasteiger partial charge in [0, 0.05) is 6.42 Å². The van der Waals surface area contributed by atoms with E-state index in [-0.39, 0.29) is 12.5 Å². The van der Waals surface area contributed by atoms with E-state index in [4.69, 9.17) is 0 Å². The SMILES string of the molecule is CCC/C=C/CC/C=C/CC/C=C/C(O)C(CO)NC(=O)CCCCCCCCC/C=C\C/C=C\CCCCCC. The summed E-state index contributed by atoms with van der Waals surface area (Å²) in [4.78, 5) is 12.3. The smallest absolute Gasteiger partial charge is 0.220 e. The predicted molar refractivity (Wildman–Crippen MR) is 179 cm³/mol. The van der Waals surface area contributed by atoms with Crippen molar-refractivity contribution < 1.29 is 15.0 Å². The van der Waals surface area contributed by atoms with Crippen LogP contribution in [0.4, 0.5) is 0 Å². The molecule has 1 amide bonds. The molecule has 4 nitrogen and oxygen atoms in total. The van der Waals surface area contributed by atoms with Crippen molar-refractivity contribution in [3.63, 3.8) is 0 Å². The van der Waals surface area contributed by atoms with E-state index in [1.54, 1.807) is 6.08 Å². The summed E-state index contributed by atoms with van der Waals surface area (Å²) in [6, 6.07) is -0.648. The van der Waals surface area contributed by atoms with Crippen LogP contribution in [0.3, 0.4) is 0 Å². The monoisotopic (exact) mass is 571 g/mol. The molecule has 2 atom stereocenters. The molecule has 4 heteroatoms. The van der Waals surface area contributed by atoms with Gasteiger partial charge in [-0.15, -0.1) is 0 Å². The van der Waals surface area contributed by atoms with E-state index in [9.17, 15) is 15.0 Å². The zero-order valence-electron chi connectivity index (χ0n) is 26.8. The largest absolute Gasteiger partial charge is 0.394 e. The first kappa shape index (κ1) is 39.1. The number of aliphatic hydroxyl groups excluding tert-OH is 2. The van der Waals surface area contributed by atoms with E-state index in [0.29, 0.717) is 6.42 Å². The van der Waals surface area contributed by atoms with Gasteiger partial charge in [-0.25, -0.2) is 0 Å². The highest BCUT2D eigenvalue weighted by molar-refractivity contribution is 5.76. The van der Waals surface area contributed by atoms with Gasteiger partial charge in [0.15, 0.2) is 0 Å². The van der Waals surface area contributed by atoms with Gasteiger partial charge in [-0.3, -0.25) is 4.79 Å². The Labute approximate surface area is 254 Å². The third kappa shape index (κ3) is 29.4. The zero-order valence-corrected chi connectivity index (χ0v) is 26.8. The van der Waals surface area contributed by atoms with Crippen molar-refractivity contribution in [1.82, 2.24) is 5.32 Å². The van der Waals surface area contributed by atoms with Crippen LogP contribution in [0.25, 0.3) is 0 Å². The number of hydrogen-bond donors (Lipinski definition) is 3. The Morgan fingerprint density at radius 1 is 0.585 bits per heavy atom. The minimum Gasteiger partial charge on any atom is -0.394 e. The van der Waals surface area contributed by atoms with E-state index in [2.05, 4.69) is 67.8 Å². The Bertz CT molecular complexity index is 707. The van der Waals surface area contributed by atoms with Gasteiger partial charge < -0.3 is 15.5 Å². The molecule has 0 heterocycles. The molecule has 0 fully saturated rings. The van der Waals surface area contributed by atoms with Crippen LogP contribution in [0.2, 0.25) is 0 Å². The molecule has 0 aliphatic heterocycles. The molecule has 0 radical (unpaired) electrons. The number of hydrogen-bond acceptors (Lipinski definition) is 3. The maximum atomic E-state index is 12.3. The van der Waals surface area contributed by atoms with Gasteiger partial charge >= 0.3 is 0 Å². The van der Waals surface area contributed by atoms with Crippen LogP contribution in [0.5, 0.6) is 0 Å². The summed E-state index contributed by atoms with van der Waals surface area (Å²) in [5, 5.41) is 22.7. The highest BCUT2D eigenvalue weighted by Crippen LogP contribution is 2.11. The molecule has 0 aromatic carbocycles. The van der Waals surface area contributed by atoms with E-state index in [0.717, 1.165) is 57.8 Å². The summed E-state index contributed by atoms with van der Waals surface area (Å²) in [6.45, 7) is 4.17. The van der Waals surface area contributed by atoms with Gasteiger partial charge in [0.1, 0.15) is 0 Å². The molecule has 0 spiro atoms. The van der Waals surface area contributed by atoms with E-state index >= 15 is 0 Å². The van der Waals surface area contributed by atoms with Gasteiger partial charge in [0.2, 0.25) is 5.91 Å². The molecule has 236 valence electrons. The Morgan fingerprint density at radius 2 is 1.07 bits per heavy atom. The summed E-state index contributed by atoms with van der Waals surface area (Å²) in [5.41, 5.74) is 0. The average Bonchev–Trinajstić information content (AvgIpc) is 2.97. The number of amides is 1. The van der Waals surface area contributed by atoms with Crippen LogP contribution in [0, 0.1) is 0 Å². The molecule has 0 aliphatic carbocycles. The topological polar surface area (TPSA) is 69.6 Å². The fraction of sp³-hybridized carbons (Fsp3) is 0.703. The number of carbonyl (C=O) groups excluding carboxylic acids is 1. The standard InChI is InChI=1S/C37H65NO3/c1-3-5-7-9-11-13-15-16-17-18-19-20-21-23-25-27-29-31-33-37(41)38-35(34-39)36(40)32-30-28-26-24-22-14-12-10-8-6-4-2/h8,10,13,15,17-18,22,24,30,32,35-36,39-40H,3-7,9,11-12,14,16,19-21,23,25-29,31,33-34H2,1-2H3,(H,38,41)/b10-8+,15-13-,18-17-,24-22+,32-30+. The predicted octanol–water partition coefficient (Wildman–Crippen LogP) is 9.84. The summed E-state index contributed by atoms with van der Waals surface area (Å²) in [7, 11) is 0. The summed E-state index contributed by atoms with van der Waals surface area (Å²) >= 11 is 0. The molecule has 0 rings (SSSR count). The lowest BCUT2D eigenvalue weighted by molar-refractivity contribution is -0.123. The summed E-state index contributed by atoms with van der Waals surface area (Å²) < 4.78 is 0. The zero-order chi connectivity index (χ0) is 30.1. The highest BCUT2D eigenvalue weighted by Gasteiger charge is 2.17. The molecule has 2 unspecified atom stereocenters. The molecular weight excluding hydrogens is 506 g/mol. The maximum Gasteiger partial charge on any atom is 0.220 e. The lowest BCUT2D eigenvalue weighted by Crippen LogP contribution is -2.45. The Kier molecular flexibility index (Phi) is 31.1. The van der Waals surface area contributed by atoms with Crippen LogP contribution in [0.15, 0.2) is 60.8 Å². The summed E-state index contributed by atoms with van der Waals surface area (Å²) in [6.07, 6.45) is 44.4. The molecule has 0 aromatic rings. The lowest BCUT2D eigenvalue weighted by Gasteiger charge is -2.19. The van der Waals surface area contributed by atoms with Crippen LogP contribution >= 0.6 is 0 Å². The Balaban J connectivity index is 3.72. The molecule has 3 N–H and O–H groups in total. The first-order valence-corrected chi connectivity index (χ1v) is 17.0. The van der Waals surface area contributed by atoms with E-state index in [1.807, 2.05) is 6.08 Å². The number of aliphatic hydroxyl groups is 2. The fourth-order valence-electron chi connectivity index (χ4n) is 4.54. The third-order valence-corrected chi connectivity index (χ3v) is 7.18. The van der Waals surface area contributed by atoms with Crippen molar-refractivity contribution in [3.8, 4) is 0 Å².